The molecule has 1 aromatic heterocycles. The van der Waals surface area contributed by atoms with Gasteiger partial charge in [-0.05, 0) is 11.5 Å². The number of carboxylic acids is 1. The third-order valence-electron chi connectivity index (χ3n) is 1.55. The third kappa shape index (κ3) is 2.48. The zero-order valence-corrected chi connectivity index (χ0v) is 8.93. The smallest absolute Gasteiger partial charge is 0.357 e. The van der Waals surface area contributed by atoms with Gasteiger partial charge in [-0.25, -0.2) is 13.2 Å². The molecule has 1 aromatic rings. The van der Waals surface area contributed by atoms with Gasteiger partial charge in [0.15, 0.2) is 15.5 Å². The zero-order valence-electron chi connectivity index (χ0n) is 7.30. The van der Waals surface area contributed by atoms with Gasteiger partial charge in [-0.2, -0.15) is 0 Å². The maximum absolute atomic E-state index is 11.2. The number of carbonyl (C=O) groups is 1. The Morgan fingerprint density at radius 3 is 2.71 bits per heavy atom. The van der Waals surface area contributed by atoms with Gasteiger partial charge in [0.25, 0.3) is 0 Å². The van der Waals surface area contributed by atoms with E-state index < -0.39 is 15.8 Å². The van der Waals surface area contributed by atoms with Crippen LogP contribution in [0.15, 0.2) is 0 Å². The molecule has 0 saturated heterocycles. The molecule has 0 radical (unpaired) electrons. The Morgan fingerprint density at radius 1 is 1.57 bits per heavy atom. The van der Waals surface area contributed by atoms with Crippen molar-refractivity contribution in [3.05, 3.63) is 10.6 Å². The lowest BCUT2D eigenvalue weighted by Crippen LogP contribution is -2.09. The second-order valence-corrected chi connectivity index (χ2v) is 5.72. The van der Waals surface area contributed by atoms with Crippen molar-refractivity contribution in [3.8, 4) is 0 Å². The molecule has 0 bridgehead atoms. The molecule has 0 atom stereocenters. The lowest BCUT2D eigenvalue weighted by Gasteiger charge is -1.97. The topological polar surface area (TPSA) is 97.2 Å². The standard InChI is InChI=1S/C6H8N2O4S2/c1-2-14(11,12)3-4-5(6(9)10)7-8-13-4/h2-3H2,1H3,(H,9,10). The van der Waals surface area contributed by atoms with Crippen molar-refractivity contribution in [1.29, 1.82) is 0 Å². The minimum Gasteiger partial charge on any atom is -0.476 e. The Labute approximate surface area is 84.7 Å². The normalized spacial score (nSPS) is 11.5. The van der Waals surface area contributed by atoms with Crippen molar-refractivity contribution in [2.45, 2.75) is 12.7 Å². The Hall–Kier alpha value is -1.02. The van der Waals surface area contributed by atoms with Gasteiger partial charge in [-0.3, -0.25) is 0 Å². The van der Waals surface area contributed by atoms with Crippen molar-refractivity contribution in [3.63, 3.8) is 0 Å². The monoisotopic (exact) mass is 236 g/mol. The second kappa shape index (κ2) is 4.01. The molecule has 0 aliphatic carbocycles. The van der Waals surface area contributed by atoms with Crippen molar-refractivity contribution in [1.82, 2.24) is 9.59 Å². The summed E-state index contributed by atoms with van der Waals surface area (Å²) >= 11 is 0.799. The van der Waals surface area contributed by atoms with Crippen LogP contribution in [0.5, 0.6) is 0 Å². The van der Waals surface area contributed by atoms with Crippen LogP contribution >= 0.6 is 11.5 Å². The summed E-state index contributed by atoms with van der Waals surface area (Å²) < 4.78 is 25.8. The minimum absolute atomic E-state index is 0.0239. The van der Waals surface area contributed by atoms with E-state index in [4.69, 9.17) is 5.11 Å². The summed E-state index contributed by atoms with van der Waals surface area (Å²) in [7, 11) is -3.23. The Bertz CT molecular complexity index is 436. The molecule has 8 heteroatoms. The summed E-state index contributed by atoms with van der Waals surface area (Å²) in [6, 6.07) is 0. The average Bonchev–Trinajstić information content (AvgIpc) is 2.51. The van der Waals surface area contributed by atoms with Gasteiger partial charge < -0.3 is 5.11 Å². The number of rotatable bonds is 4. The van der Waals surface area contributed by atoms with Crippen LogP contribution in [0.1, 0.15) is 22.3 Å². The fourth-order valence-electron chi connectivity index (χ4n) is 0.768. The number of aromatic nitrogens is 2. The Kier molecular flexibility index (Phi) is 3.17. The van der Waals surface area contributed by atoms with Crippen LogP contribution < -0.4 is 0 Å². The first-order valence-electron chi connectivity index (χ1n) is 3.71. The first-order valence-corrected chi connectivity index (χ1v) is 6.30. The van der Waals surface area contributed by atoms with Crippen molar-refractivity contribution in [2.24, 2.45) is 0 Å². The summed E-state index contributed by atoms with van der Waals surface area (Å²) in [4.78, 5) is 10.7. The van der Waals surface area contributed by atoms with Gasteiger partial charge >= 0.3 is 5.97 Å². The van der Waals surface area contributed by atoms with Crippen LogP contribution in [0.2, 0.25) is 0 Å². The van der Waals surface area contributed by atoms with Crippen molar-refractivity contribution in [2.75, 3.05) is 5.75 Å². The first kappa shape index (κ1) is 11.1. The third-order valence-corrected chi connectivity index (χ3v) is 4.06. The number of hydrogen-bond donors (Lipinski definition) is 1. The van der Waals surface area contributed by atoms with Gasteiger partial charge in [0.2, 0.25) is 0 Å². The van der Waals surface area contributed by atoms with Gasteiger partial charge in [-0.1, -0.05) is 11.4 Å². The molecule has 0 unspecified atom stereocenters. The van der Waals surface area contributed by atoms with Crippen LogP contribution in [-0.2, 0) is 15.6 Å². The molecule has 78 valence electrons. The van der Waals surface area contributed by atoms with E-state index in [2.05, 4.69) is 9.59 Å². The van der Waals surface area contributed by atoms with Crippen molar-refractivity contribution < 1.29 is 18.3 Å². The summed E-state index contributed by atoms with van der Waals surface area (Å²) in [6.45, 7) is 1.50. The van der Waals surface area contributed by atoms with Crippen LogP contribution in [0.3, 0.4) is 0 Å². The highest BCUT2D eigenvalue weighted by Gasteiger charge is 2.20. The molecule has 0 aromatic carbocycles. The van der Waals surface area contributed by atoms with E-state index >= 15 is 0 Å². The van der Waals surface area contributed by atoms with E-state index in [0.29, 0.717) is 0 Å². The molecule has 0 saturated carbocycles. The highest BCUT2D eigenvalue weighted by molar-refractivity contribution is 7.90. The fourth-order valence-corrected chi connectivity index (χ4v) is 2.69. The second-order valence-electron chi connectivity index (χ2n) is 2.53. The van der Waals surface area contributed by atoms with E-state index in [-0.39, 0.29) is 22.1 Å². The predicted molar refractivity (Wildman–Crippen MR) is 50.0 cm³/mol. The predicted octanol–water partition coefficient (Wildman–Crippen LogP) is 0.171. The average molecular weight is 236 g/mol. The maximum Gasteiger partial charge on any atom is 0.357 e. The van der Waals surface area contributed by atoms with Crippen LogP contribution in [-0.4, -0.2) is 34.8 Å². The van der Waals surface area contributed by atoms with E-state index in [9.17, 15) is 13.2 Å². The minimum atomic E-state index is -3.23. The Balaban J connectivity index is 2.98. The molecule has 0 fully saturated rings. The SMILES string of the molecule is CCS(=O)(=O)Cc1snnc1C(=O)O. The molecule has 0 amide bonds. The van der Waals surface area contributed by atoms with Crippen LogP contribution in [0.25, 0.3) is 0 Å². The number of sulfone groups is 1. The number of nitrogens with zero attached hydrogens (tertiary/aromatic N) is 2. The molecule has 0 aliphatic heterocycles. The van der Waals surface area contributed by atoms with Crippen LogP contribution in [0, 0.1) is 0 Å². The lowest BCUT2D eigenvalue weighted by atomic mass is 10.4. The summed E-state index contributed by atoms with van der Waals surface area (Å²) in [5.41, 5.74) is -0.271. The molecule has 14 heavy (non-hydrogen) atoms. The zero-order chi connectivity index (χ0) is 10.8. The van der Waals surface area contributed by atoms with Gasteiger partial charge in [-0.15, -0.1) is 5.10 Å². The van der Waals surface area contributed by atoms with Gasteiger partial charge in [0, 0.05) is 5.75 Å². The molecule has 0 spiro atoms. The fraction of sp³-hybridized carbons (Fsp3) is 0.500. The van der Waals surface area contributed by atoms with Gasteiger partial charge in [0.05, 0.1) is 10.6 Å². The molecular formula is C6H8N2O4S2. The summed E-state index contributed by atoms with van der Waals surface area (Å²) in [5.74, 6) is -1.58. The lowest BCUT2D eigenvalue weighted by molar-refractivity contribution is 0.0689. The van der Waals surface area contributed by atoms with Gasteiger partial charge in [0.1, 0.15) is 0 Å². The molecule has 1 heterocycles. The first-order chi connectivity index (χ1) is 6.46. The number of aromatic carboxylic acids is 1. The molecular weight excluding hydrogens is 228 g/mol. The molecule has 0 aliphatic rings. The highest BCUT2D eigenvalue weighted by Crippen LogP contribution is 2.14. The summed E-state index contributed by atoms with van der Waals surface area (Å²) in [6.07, 6.45) is 0. The largest absolute Gasteiger partial charge is 0.476 e. The molecule has 6 nitrogen and oxygen atoms in total. The Morgan fingerprint density at radius 2 is 2.21 bits per heavy atom. The highest BCUT2D eigenvalue weighted by atomic mass is 32.2. The van der Waals surface area contributed by atoms with E-state index in [1.807, 2.05) is 0 Å². The molecule has 1 rings (SSSR count). The van der Waals surface area contributed by atoms with E-state index in [1.54, 1.807) is 0 Å². The molecule has 1 N–H and O–H groups in total. The van der Waals surface area contributed by atoms with E-state index in [0.717, 1.165) is 11.5 Å². The quantitative estimate of drug-likeness (QED) is 0.800. The van der Waals surface area contributed by atoms with Crippen LogP contribution in [0.4, 0.5) is 0 Å². The summed E-state index contributed by atoms with van der Waals surface area (Å²) in [5, 5.41) is 12.0. The van der Waals surface area contributed by atoms with Crippen molar-refractivity contribution >= 4 is 27.3 Å². The number of carboxylic acid groups (broad SMARTS) is 1. The number of hydrogen-bond acceptors (Lipinski definition) is 6. The maximum atomic E-state index is 11.2. The van der Waals surface area contributed by atoms with E-state index in [1.165, 1.54) is 6.92 Å².